The van der Waals surface area contributed by atoms with Crippen molar-refractivity contribution in [3.05, 3.63) is 132 Å². The van der Waals surface area contributed by atoms with E-state index >= 15 is 0 Å². The molecule has 0 spiro atoms. The Bertz CT molecular complexity index is 2400. The molecule has 9 heteroatoms. The van der Waals surface area contributed by atoms with Crippen LogP contribution in [-0.2, 0) is 0 Å². The van der Waals surface area contributed by atoms with Gasteiger partial charge in [-0.3, -0.25) is 19.1 Å². The van der Waals surface area contributed by atoms with Gasteiger partial charge in [0, 0.05) is 51.2 Å². The lowest BCUT2D eigenvalue weighted by Crippen LogP contribution is -2.02. The van der Waals surface area contributed by atoms with Crippen LogP contribution in [0.1, 0.15) is 0 Å². The van der Waals surface area contributed by atoms with Crippen molar-refractivity contribution < 1.29 is 0 Å². The molecule has 212 valence electrons. The molecule has 0 N–H and O–H groups in total. The first kappa shape index (κ1) is 25.7. The number of para-hydroxylation sites is 2. The zero-order valence-corrected chi connectivity index (χ0v) is 25.2. The number of hydrogen-bond donors (Lipinski definition) is 0. The van der Waals surface area contributed by atoms with Gasteiger partial charge in [0.05, 0.1) is 22.4 Å². The van der Waals surface area contributed by atoms with Gasteiger partial charge in [0.15, 0.2) is 11.3 Å². The molecule has 0 aliphatic rings. The van der Waals surface area contributed by atoms with Crippen LogP contribution in [0, 0.1) is 0 Å². The van der Waals surface area contributed by atoms with Crippen LogP contribution in [-0.4, -0.2) is 39.0 Å². The summed E-state index contributed by atoms with van der Waals surface area (Å²) in [7, 11) is 0. The topological polar surface area (TPSA) is 87.2 Å². The van der Waals surface area contributed by atoms with E-state index in [0.29, 0.717) is 0 Å². The fourth-order valence-corrected chi connectivity index (χ4v) is 6.55. The Morgan fingerprint density at radius 3 is 1.42 bits per heavy atom. The minimum Gasteiger partial charge on any atom is -0.274 e. The molecule has 0 aliphatic heterocycles. The van der Waals surface area contributed by atoms with E-state index in [2.05, 4.69) is 79.7 Å². The lowest BCUT2D eigenvalue weighted by atomic mass is 10.1. The van der Waals surface area contributed by atoms with Gasteiger partial charge in [-0.25, -0.2) is 19.9 Å². The van der Waals surface area contributed by atoms with E-state index < -0.39 is 0 Å². The number of rotatable bonds is 4. The number of hydrogen-bond acceptors (Lipinski definition) is 6. The largest absolute Gasteiger partial charge is 0.274 e. The Hall–Kier alpha value is -5.80. The molecule has 0 amide bonds. The van der Waals surface area contributed by atoms with Crippen LogP contribution in [0.2, 0.25) is 0 Å². The average molecular weight is 646 g/mol. The van der Waals surface area contributed by atoms with E-state index in [-0.39, 0.29) is 0 Å². The Kier molecular flexibility index (Phi) is 5.79. The molecule has 9 rings (SSSR count). The molecule has 0 saturated heterocycles. The highest BCUT2D eigenvalue weighted by Gasteiger charge is 2.22. The first-order chi connectivity index (χ1) is 22.2. The first-order valence-corrected chi connectivity index (χ1v) is 15.2. The van der Waals surface area contributed by atoms with Crippen LogP contribution in [0.25, 0.3) is 78.3 Å². The van der Waals surface area contributed by atoms with Crippen molar-refractivity contribution in [1.82, 2.24) is 39.0 Å². The quantitative estimate of drug-likeness (QED) is 0.191. The van der Waals surface area contributed by atoms with E-state index in [1.54, 1.807) is 12.4 Å². The normalized spacial score (nSPS) is 11.7. The number of fused-ring (bicyclic) bond motifs is 4. The van der Waals surface area contributed by atoms with Gasteiger partial charge in [0.25, 0.3) is 0 Å². The highest BCUT2D eigenvalue weighted by molar-refractivity contribution is 9.10. The Balaban J connectivity index is 1.32. The van der Waals surface area contributed by atoms with E-state index in [1.165, 1.54) is 0 Å². The van der Waals surface area contributed by atoms with Crippen LogP contribution in [0.15, 0.2) is 132 Å². The third kappa shape index (κ3) is 4.12. The number of pyridine rings is 4. The summed E-state index contributed by atoms with van der Waals surface area (Å²) in [6.45, 7) is 0. The summed E-state index contributed by atoms with van der Waals surface area (Å²) in [5, 5.41) is 2.08. The van der Waals surface area contributed by atoms with E-state index in [4.69, 9.17) is 29.9 Å². The van der Waals surface area contributed by atoms with Gasteiger partial charge in [0.1, 0.15) is 22.7 Å². The average Bonchev–Trinajstić information content (AvgIpc) is 3.67. The molecule has 6 heterocycles. The maximum Gasteiger partial charge on any atom is 0.165 e. The summed E-state index contributed by atoms with van der Waals surface area (Å²) < 4.78 is 5.07. The van der Waals surface area contributed by atoms with E-state index in [9.17, 15) is 0 Å². The summed E-state index contributed by atoms with van der Waals surface area (Å²) >= 11 is 3.81. The van der Waals surface area contributed by atoms with Crippen molar-refractivity contribution in [1.29, 1.82) is 0 Å². The molecule has 0 radical (unpaired) electrons. The standard InChI is InChI=1S/C36H21BrN8/c37-26-20-24(33-42-27-11-5-17-40-35(27)44(33)29-13-1-7-22-9-3-15-38-31(22)29)19-25(21-26)34-43-28-12-6-18-41-36(28)45(34)30-14-2-8-23-10-4-16-39-32(23)30/h1-21H. The van der Waals surface area contributed by atoms with Crippen LogP contribution in [0.3, 0.4) is 0 Å². The highest BCUT2D eigenvalue weighted by Crippen LogP contribution is 2.37. The predicted octanol–water partition coefficient (Wildman–Crippen LogP) is 8.35. The van der Waals surface area contributed by atoms with Gasteiger partial charge in [-0.1, -0.05) is 52.3 Å². The molecule has 0 fully saturated rings. The number of halogens is 1. The van der Waals surface area contributed by atoms with Gasteiger partial charge in [-0.05, 0) is 66.7 Å². The molecule has 0 unspecified atom stereocenters. The minimum atomic E-state index is 0.747. The molecule has 0 saturated carbocycles. The second-order valence-electron chi connectivity index (χ2n) is 10.7. The van der Waals surface area contributed by atoms with Gasteiger partial charge >= 0.3 is 0 Å². The van der Waals surface area contributed by atoms with Crippen molar-refractivity contribution in [3.8, 4) is 34.2 Å². The molecule has 0 aliphatic carbocycles. The van der Waals surface area contributed by atoms with Crippen molar-refractivity contribution >= 4 is 60.1 Å². The smallest absolute Gasteiger partial charge is 0.165 e. The Labute approximate surface area is 264 Å². The van der Waals surface area contributed by atoms with Crippen LogP contribution in [0.5, 0.6) is 0 Å². The van der Waals surface area contributed by atoms with Crippen molar-refractivity contribution in [2.75, 3.05) is 0 Å². The van der Waals surface area contributed by atoms with Crippen molar-refractivity contribution in [2.24, 2.45) is 0 Å². The molecule has 0 bridgehead atoms. The van der Waals surface area contributed by atoms with Crippen molar-refractivity contribution in [2.45, 2.75) is 0 Å². The zero-order chi connectivity index (χ0) is 29.9. The number of nitrogens with zero attached hydrogens (tertiary/aromatic N) is 8. The third-order valence-corrected chi connectivity index (χ3v) is 8.41. The molecule has 3 aromatic carbocycles. The van der Waals surface area contributed by atoms with E-state index in [0.717, 1.165) is 82.8 Å². The van der Waals surface area contributed by atoms with Gasteiger partial charge in [-0.2, -0.15) is 0 Å². The van der Waals surface area contributed by atoms with Gasteiger partial charge in [-0.15, -0.1) is 0 Å². The van der Waals surface area contributed by atoms with E-state index in [1.807, 2.05) is 60.9 Å². The maximum absolute atomic E-state index is 5.11. The summed E-state index contributed by atoms with van der Waals surface area (Å²) in [5.41, 5.74) is 8.45. The second-order valence-corrected chi connectivity index (χ2v) is 11.6. The number of imidazole rings is 2. The SMILES string of the molecule is Brc1cc(-c2nc3cccnc3n2-c2cccc3cccnc23)cc(-c2nc3cccnc3n2-c2cccc3cccnc23)c1. The Morgan fingerprint density at radius 2 is 0.911 bits per heavy atom. The third-order valence-electron chi connectivity index (χ3n) is 7.95. The molecule has 6 aromatic heterocycles. The first-order valence-electron chi connectivity index (χ1n) is 14.4. The molecular formula is C36H21BrN8. The zero-order valence-electron chi connectivity index (χ0n) is 23.6. The number of aromatic nitrogens is 8. The lowest BCUT2D eigenvalue weighted by molar-refractivity contribution is 1.07. The summed E-state index contributed by atoms with van der Waals surface area (Å²) in [5.74, 6) is 1.49. The molecular weight excluding hydrogens is 624 g/mol. The monoisotopic (exact) mass is 644 g/mol. The van der Waals surface area contributed by atoms with Crippen LogP contribution < -0.4 is 0 Å². The second kappa shape index (κ2) is 10.1. The van der Waals surface area contributed by atoms with Gasteiger partial charge < -0.3 is 0 Å². The highest BCUT2D eigenvalue weighted by atomic mass is 79.9. The summed E-state index contributed by atoms with van der Waals surface area (Å²) in [6.07, 6.45) is 7.22. The fraction of sp³-hybridized carbons (Fsp3) is 0. The van der Waals surface area contributed by atoms with Crippen LogP contribution in [0.4, 0.5) is 0 Å². The molecule has 8 nitrogen and oxygen atoms in total. The van der Waals surface area contributed by atoms with Crippen LogP contribution >= 0.6 is 15.9 Å². The Morgan fingerprint density at radius 1 is 0.467 bits per heavy atom. The maximum atomic E-state index is 5.11. The molecule has 9 aromatic rings. The summed E-state index contributed by atoms with van der Waals surface area (Å²) in [4.78, 5) is 29.2. The minimum absolute atomic E-state index is 0.747. The molecule has 0 atom stereocenters. The molecule has 45 heavy (non-hydrogen) atoms. The summed E-state index contributed by atoms with van der Waals surface area (Å²) in [6, 6.07) is 34.4. The number of benzene rings is 3. The van der Waals surface area contributed by atoms with Crippen molar-refractivity contribution in [3.63, 3.8) is 0 Å². The fourth-order valence-electron chi connectivity index (χ4n) is 6.05. The predicted molar refractivity (Wildman–Crippen MR) is 180 cm³/mol. The van der Waals surface area contributed by atoms with Gasteiger partial charge in [0.2, 0.25) is 0 Å². The lowest BCUT2D eigenvalue weighted by Gasteiger charge is -2.14.